The highest BCUT2D eigenvalue weighted by molar-refractivity contribution is 5.79. The Hall–Kier alpha value is -1.82. The summed E-state index contributed by atoms with van der Waals surface area (Å²) in [5, 5.41) is 18.0. The van der Waals surface area contributed by atoms with Crippen molar-refractivity contribution >= 4 is 11.8 Å². The molecule has 0 aliphatic rings. The van der Waals surface area contributed by atoms with E-state index in [9.17, 15) is 23.5 Å². The molecular weight excluding hydrogens is 246 g/mol. The number of carboxylic acids is 1. The van der Waals surface area contributed by atoms with Gasteiger partial charge < -0.3 is 10.2 Å². The van der Waals surface area contributed by atoms with Crippen molar-refractivity contribution in [2.24, 2.45) is 0 Å². The highest BCUT2D eigenvalue weighted by atomic mass is 19.3. The first-order chi connectivity index (χ1) is 8.34. The van der Waals surface area contributed by atoms with Gasteiger partial charge in [-0.3, -0.25) is 4.79 Å². The van der Waals surface area contributed by atoms with Crippen LogP contribution >= 0.6 is 0 Å². The Labute approximate surface area is 102 Å². The van der Waals surface area contributed by atoms with Crippen molar-refractivity contribution in [3.63, 3.8) is 0 Å². The second-order valence-corrected chi connectivity index (χ2v) is 3.84. The molecule has 1 atom stereocenters. The lowest BCUT2D eigenvalue weighted by Gasteiger charge is -2.15. The number of aliphatic hydroxyl groups is 1. The molecule has 0 fully saturated rings. The van der Waals surface area contributed by atoms with Gasteiger partial charge in [-0.25, -0.2) is 13.6 Å². The summed E-state index contributed by atoms with van der Waals surface area (Å²) >= 11 is 0. The van der Waals surface area contributed by atoms with Crippen LogP contribution in [0.1, 0.15) is 36.1 Å². The van der Waals surface area contributed by atoms with Crippen molar-refractivity contribution < 1.29 is 28.6 Å². The lowest BCUT2D eigenvalue weighted by Crippen LogP contribution is -2.15. The van der Waals surface area contributed by atoms with Crippen LogP contribution in [0.5, 0.6) is 0 Å². The second-order valence-electron chi connectivity index (χ2n) is 3.84. The molecule has 0 aliphatic heterocycles. The van der Waals surface area contributed by atoms with Gasteiger partial charge in [-0.1, -0.05) is 18.2 Å². The number of carboxylic acid groups (broad SMARTS) is 1. The fourth-order valence-electron chi connectivity index (χ4n) is 1.69. The number of carbonyl (C=O) groups excluding carboxylic acids is 1. The molecule has 0 heterocycles. The lowest BCUT2D eigenvalue weighted by molar-refractivity contribution is -0.147. The Morgan fingerprint density at radius 2 is 1.94 bits per heavy atom. The zero-order chi connectivity index (χ0) is 13.9. The molecule has 0 aliphatic carbocycles. The van der Waals surface area contributed by atoms with Crippen LogP contribution in [0, 0.1) is 0 Å². The number of Topliss-reactive ketones (excluding diaryl/α,β-unsaturated/α-hetero) is 1. The molecule has 6 heteroatoms. The molecule has 0 radical (unpaired) electrons. The Bertz CT molecular complexity index is 471. The molecule has 2 N–H and O–H groups in total. The van der Waals surface area contributed by atoms with E-state index < -0.39 is 24.1 Å². The van der Waals surface area contributed by atoms with E-state index in [0.717, 1.165) is 6.07 Å². The number of aliphatic hydroxyl groups excluding tert-OH is 1. The minimum atomic E-state index is -2.95. The normalized spacial score (nSPS) is 12.5. The van der Waals surface area contributed by atoms with Gasteiger partial charge in [-0.2, -0.15) is 0 Å². The molecule has 1 rings (SSSR count). The van der Waals surface area contributed by atoms with Crippen molar-refractivity contribution in [2.45, 2.75) is 25.9 Å². The third-order valence-corrected chi connectivity index (χ3v) is 2.42. The first kappa shape index (κ1) is 14.2. The van der Waals surface area contributed by atoms with Gasteiger partial charge in [-0.15, -0.1) is 0 Å². The van der Waals surface area contributed by atoms with E-state index in [2.05, 4.69) is 0 Å². The number of rotatable bonds is 5. The highest BCUT2D eigenvalue weighted by Gasteiger charge is 2.26. The first-order valence-corrected chi connectivity index (χ1v) is 5.14. The van der Waals surface area contributed by atoms with Gasteiger partial charge >= 0.3 is 5.97 Å². The van der Waals surface area contributed by atoms with E-state index in [4.69, 9.17) is 5.11 Å². The number of benzene rings is 1. The Balaban J connectivity index is 3.34. The molecule has 0 saturated heterocycles. The average molecular weight is 258 g/mol. The van der Waals surface area contributed by atoms with Crippen LogP contribution in [-0.2, 0) is 16.0 Å². The monoisotopic (exact) mass is 258 g/mol. The topological polar surface area (TPSA) is 74.6 Å². The van der Waals surface area contributed by atoms with E-state index in [1.54, 1.807) is 0 Å². The summed E-state index contributed by atoms with van der Waals surface area (Å²) in [7, 11) is 0. The van der Waals surface area contributed by atoms with E-state index in [-0.39, 0.29) is 23.3 Å². The summed E-state index contributed by atoms with van der Waals surface area (Å²) in [4.78, 5) is 21.6. The van der Waals surface area contributed by atoms with Crippen molar-refractivity contribution in [1.29, 1.82) is 0 Å². The standard InChI is InChI=1S/C12H12F2O4/c1-6(15)5-7-3-2-4-8(9(7)11(13)14)10(16)12(17)18/h2-4,10-11,16H,5H2,1H3,(H,17,18). The van der Waals surface area contributed by atoms with Crippen LogP contribution in [0.2, 0.25) is 0 Å². The van der Waals surface area contributed by atoms with Crippen LogP contribution in [0.3, 0.4) is 0 Å². The van der Waals surface area contributed by atoms with Crippen molar-refractivity contribution in [3.05, 3.63) is 34.9 Å². The summed E-state index contributed by atoms with van der Waals surface area (Å²) in [5.41, 5.74) is -0.922. The maximum absolute atomic E-state index is 12.9. The average Bonchev–Trinajstić information content (AvgIpc) is 2.26. The number of halogens is 2. The van der Waals surface area contributed by atoms with Gasteiger partial charge in [0.1, 0.15) is 5.78 Å². The van der Waals surface area contributed by atoms with Crippen LogP contribution in [0.25, 0.3) is 0 Å². The van der Waals surface area contributed by atoms with Crippen LogP contribution in [0.4, 0.5) is 8.78 Å². The van der Waals surface area contributed by atoms with Gasteiger partial charge in [0.15, 0.2) is 6.10 Å². The molecular formula is C12H12F2O4. The number of hydrogen-bond acceptors (Lipinski definition) is 3. The van der Waals surface area contributed by atoms with Crippen molar-refractivity contribution in [2.75, 3.05) is 0 Å². The quantitative estimate of drug-likeness (QED) is 0.845. The number of aliphatic carboxylic acids is 1. The molecule has 18 heavy (non-hydrogen) atoms. The Morgan fingerprint density at radius 1 is 1.33 bits per heavy atom. The molecule has 0 bridgehead atoms. The Kier molecular flexibility index (Phi) is 4.49. The van der Waals surface area contributed by atoms with Gasteiger partial charge in [-0.05, 0) is 12.5 Å². The van der Waals surface area contributed by atoms with Crippen LogP contribution < -0.4 is 0 Å². The molecule has 98 valence electrons. The molecule has 0 amide bonds. The molecule has 1 aromatic carbocycles. The van der Waals surface area contributed by atoms with Gasteiger partial charge in [0.05, 0.1) is 0 Å². The van der Waals surface area contributed by atoms with E-state index >= 15 is 0 Å². The van der Waals surface area contributed by atoms with E-state index in [1.165, 1.54) is 19.1 Å². The molecule has 0 spiro atoms. The van der Waals surface area contributed by atoms with Crippen molar-refractivity contribution in [1.82, 2.24) is 0 Å². The van der Waals surface area contributed by atoms with Crippen LogP contribution in [-0.4, -0.2) is 22.0 Å². The maximum atomic E-state index is 12.9. The summed E-state index contributed by atoms with van der Waals surface area (Å²) < 4.78 is 25.9. The summed E-state index contributed by atoms with van der Waals surface area (Å²) in [6, 6.07) is 3.77. The minimum absolute atomic E-state index is 0.0373. The fraction of sp³-hybridized carbons (Fsp3) is 0.333. The number of hydrogen-bond donors (Lipinski definition) is 2. The molecule has 4 nitrogen and oxygen atoms in total. The summed E-state index contributed by atoms with van der Waals surface area (Å²) in [5.74, 6) is -1.93. The van der Waals surface area contributed by atoms with E-state index in [0.29, 0.717) is 0 Å². The smallest absolute Gasteiger partial charge is 0.337 e. The molecule has 1 aromatic rings. The number of ketones is 1. The number of carbonyl (C=O) groups is 2. The third kappa shape index (κ3) is 3.10. The largest absolute Gasteiger partial charge is 0.479 e. The maximum Gasteiger partial charge on any atom is 0.337 e. The second kappa shape index (κ2) is 5.68. The highest BCUT2D eigenvalue weighted by Crippen LogP contribution is 2.31. The van der Waals surface area contributed by atoms with Crippen molar-refractivity contribution in [3.8, 4) is 0 Å². The summed E-state index contributed by atoms with van der Waals surface area (Å²) in [6.07, 6.45) is -5.20. The fourth-order valence-corrected chi connectivity index (χ4v) is 1.69. The predicted octanol–water partition coefficient (Wildman–Crippen LogP) is 1.87. The summed E-state index contributed by atoms with van der Waals surface area (Å²) in [6.45, 7) is 1.25. The Morgan fingerprint density at radius 3 is 2.39 bits per heavy atom. The number of alkyl halides is 2. The zero-order valence-electron chi connectivity index (χ0n) is 9.56. The predicted molar refractivity (Wildman–Crippen MR) is 58.4 cm³/mol. The molecule has 0 aromatic heterocycles. The molecule has 0 saturated carbocycles. The third-order valence-electron chi connectivity index (χ3n) is 2.42. The minimum Gasteiger partial charge on any atom is -0.479 e. The lowest BCUT2D eigenvalue weighted by atomic mass is 9.94. The van der Waals surface area contributed by atoms with Gasteiger partial charge in [0, 0.05) is 17.5 Å². The molecule has 1 unspecified atom stereocenters. The zero-order valence-corrected chi connectivity index (χ0v) is 9.56. The van der Waals surface area contributed by atoms with Gasteiger partial charge in [0.2, 0.25) is 0 Å². The van der Waals surface area contributed by atoms with Crippen LogP contribution in [0.15, 0.2) is 18.2 Å². The van der Waals surface area contributed by atoms with E-state index in [1.807, 2.05) is 0 Å². The first-order valence-electron chi connectivity index (χ1n) is 5.14. The SMILES string of the molecule is CC(=O)Cc1cccc(C(O)C(=O)O)c1C(F)F. The van der Waals surface area contributed by atoms with Gasteiger partial charge in [0.25, 0.3) is 6.43 Å².